The number of aliphatic hydroxyl groups is 2. The van der Waals surface area contributed by atoms with Crippen molar-refractivity contribution in [3.8, 4) is 0 Å². The van der Waals surface area contributed by atoms with Crippen LogP contribution in [0.3, 0.4) is 0 Å². The number of hydrogen-bond donors (Lipinski definition) is 2. The number of aliphatic hydroxyl groups excluding tert-OH is 2. The summed E-state index contributed by atoms with van der Waals surface area (Å²) in [7, 11) is -0.165. The van der Waals surface area contributed by atoms with E-state index in [9.17, 15) is 4.79 Å². The molecule has 0 rings (SSSR count). The van der Waals surface area contributed by atoms with Crippen molar-refractivity contribution in [3.63, 3.8) is 0 Å². The molecule has 0 amide bonds. The van der Waals surface area contributed by atoms with Crippen molar-refractivity contribution in [2.75, 3.05) is 30.5 Å². The van der Waals surface area contributed by atoms with E-state index in [1.54, 1.807) is 6.08 Å². The first-order chi connectivity index (χ1) is 6.60. The van der Waals surface area contributed by atoms with Gasteiger partial charge in [0.2, 0.25) is 5.78 Å². The summed E-state index contributed by atoms with van der Waals surface area (Å²) in [5, 5.41) is 17.5. The predicted octanol–water partition coefficient (Wildman–Crippen LogP) is 0.125. The molecular formula is C10H19O3S+. The quantitative estimate of drug-likeness (QED) is 0.472. The average Bonchev–Trinajstić information content (AvgIpc) is 2.03. The summed E-state index contributed by atoms with van der Waals surface area (Å²) in [4.78, 5) is 11.4. The number of allylic oxidation sites excluding steroid dienone is 2. The Balaban J connectivity index is 4.01. The first-order valence-corrected chi connectivity index (χ1v) is 6.37. The Hall–Kier alpha value is -0.320. The molecule has 0 aromatic rings. The van der Waals surface area contributed by atoms with Gasteiger partial charge in [-0.3, -0.25) is 4.79 Å². The van der Waals surface area contributed by atoms with Crippen molar-refractivity contribution < 1.29 is 15.0 Å². The summed E-state index contributed by atoms with van der Waals surface area (Å²) in [5.74, 6) is 1.77. The van der Waals surface area contributed by atoms with Crippen LogP contribution in [0.5, 0.6) is 0 Å². The first kappa shape index (κ1) is 13.7. The van der Waals surface area contributed by atoms with E-state index >= 15 is 0 Å². The highest BCUT2D eigenvalue weighted by Crippen LogP contribution is 1.99. The molecule has 0 saturated heterocycles. The lowest BCUT2D eigenvalue weighted by molar-refractivity contribution is -0.112. The van der Waals surface area contributed by atoms with E-state index < -0.39 is 0 Å². The molecule has 0 saturated carbocycles. The minimum absolute atomic E-state index is 0.0885. The zero-order valence-electron chi connectivity index (χ0n) is 8.82. The van der Waals surface area contributed by atoms with E-state index in [1.165, 1.54) is 0 Å². The summed E-state index contributed by atoms with van der Waals surface area (Å²) in [6.07, 6.45) is 1.62. The van der Waals surface area contributed by atoms with Gasteiger partial charge in [0.25, 0.3) is 0 Å². The van der Waals surface area contributed by atoms with Crippen molar-refractivity contribution in [2.45, 2.75) is 13.8 Å². The van der Waals surface area contributed by atoms with Crippen molar-refractivity contribution >= 4 is 16.7 Å². The topological polar surface area (TPSA) is 57.5 Å². The van der Waals surface area contributed by atoms with E-state index in [4.69, 9.17) is 10.2 Å². The van der Waals surface area contributed by atoms with Crippen molar-refractivity contribution in [1.82, 2.24) is 0 Å². The molecule has 0 radical (unpaired) electrons. The highest BCUT2D eigenvalue weighted by molar-refractivity contribution is 7.97. The number of carbonyl (C=O) groups is 1. The second-order valence-corrected chi connectivity index (χ2v) is 5.63. The lowest BCUT2D eigenvalue weighted by atomic mass is 10.3. The standard InChI is InChI=1S/C10H19O3S/c1-9(2)7-10(13)8-14(5-3-11)6-4-12/h7,11-12H,3-6,8H2,1-2H3/q+1. The van der Waals surface area contributed by atoms with E-state index in [0.717, 1.165) is 5.57 Å². The Kier molecular flexibility index (Phi) is 7.84. The molecule has 0 aliphatic heterocycles. The highest BCUT2D eigenvalue weighted by atomic mass is 32.2. The fourth-order valence-electron chi connectivity index (χ4n) is 1.07. The minimum atomic E-state index is -0.165. The predicted molar refractivity (Wildman–Crippen MR) is 60.6 cm³/mol. The van der Waals surface area contributed by atoms with E-state index in [-0.39, 0.29) is 29.9 Å². The molecule has 0 fully saturated rings. The van der Waals surface area contributed by atoms with Crippen LogP contribution < -0.4 is 0 Å². The molecule has 0 unspecified atom stereocenters. The van der Waals surface area contributed by atoms with Gasteiger partial charge in [0.15, 0.2) is 5.75 Å². The first-order valence-electron chi connectivity index (χ1n) is 4.63. The molecule has 0 aliphatic rings. The second kappa shape index (κ2) is 8.03. The molecule has 82 valence electrons. The Labute approximate surface area is 88.2 Å². The summed E-state index contributed by atoms with van der Waals surface area (Å²) < 4.78 is 0. The van der Waals surface area contributed by atoms with Crippen LogP contribution in [0.1, 0.15) is 13.8 Å². The summed E-state index contributed by atoms with van der Waals surface area (Å²) in [6, 6.07) is 0. The molecule has 0 bridgehead atoms. The van der Waals surface area contributed by atoms with Gasteiger partial charge in [-0.15, -0.1) is 0 Å². The maximum atomic E-state index is 11.4. The summed E-state index contributed by atoms with van der Waals surface area (Å²) >= 11 is 0. The van der Waals surface area contributed by atoms with E-state index in [2.05, 4.69) is 0 Å². The minimum Gasteiger partial charge on any atom is -0.391 e. The van der Waals surface area contributed by atoms with Crippen molar-refractivity contribution in [3.05, 3.63) is 11.6 Å². The third kappa shape index (κ3) is 7.12. The molecule has 0 atom stereocenters. The second-order valence-electron chi connectivity index (χ2n) is 3.30. The zero-order chi connectivity index (χ0) is 11.0. The Morgan fingerprint density at radius 2 is 1.71 bits per heavy atom. The molecule has 0 spiro atoms. The van der Waals surface area contributed by atoms with Gasteiger partial charge in [-0.1, -0.05) is 5.57 Å². The molecule has 0 heterocycles. The maximum absolute atomic E-state index is 11.4. The number of hydrogen-bond acceptors (Lipinski definition) is 3. The van der Waals surface area contributed by atoms with Crippen LogP contribution in [0.15, 0.2) is 11.6 Å². The molecule has 14 heavy (non-hydrogen) atoms. The van der Waals surface area contributed by atoms with Crippen LogP contribution in [0.2, 0.25) is 0 Å². The Morgan fingerprint density at radius 3 is 2.07 bits per heavy atom. The van der Waals surface area contributed by atoms with Gasteiger partial charge in [-0.05, 0) is 19.9 Å². The van der Waals surface area contributed by atoms with Crippen LogP contribution in [-0.4, -0.2) is 46.5 Å². The molecule has 0 aromatic carbocycles. The van der Waals surface area contributed by atoms with Crippen molar-refractivity contribution in [1.29, 1.82) is 0 Å². The number of rotatable bonds is 7. The maximum Gasteiger partial charge on any atom is 0.204 e. The van der Waals surface area contributed by atoms with Crippen LogP contribution in [0.4, 0.5) is 0 Å². The smallest absolute Gasteiger partial charge is 0.204 e. The molecule has 0 aromatic heterocycles. The van der Waals surface area contributed by atoms with Gasteiger partial charge in [-0.25, -0.2) is 0 Å². The highest BCUT2D eigenvalue weighted by Gasteiger charge is 2.19. The molecule has 3 nitrogen and oxygen atoms in total. The lowest BCUT2D eigenvalue weighted by Gasteiger charge is -2.03. The average molecular weight is 219 g/mol. The Morgan fingerprint density at radius 1 is 1.21 bits per heavy atom. The molecule has 0 aliphatic carbocycles. The largest absolute Gasteiger partial charge is 0.391 e. The van der Waals surface area contributed by atoms with Gasteiger partial charge in [-0.2, -0.15) is 0 Å². The number of ketones is 1. The van der Waals surface area contributed by atoms with E-state index in [0.29, 0.717) is 17.3 Å². The monoisotopic (exact) mass is 219 g/mol. The Bertz CT molecular complexity index is 192. The SMILES string of the molecule is CC(C)=CC(=O)C[S+](CCO)CCO. The fraction of sp³-hybridized carbons (Fsp3) is 0.700. The summed E-state index contributed by atoms with van der Waals surface area (Å²) in [5.41, 5.74) is 0.992. The molecule has 2 N–H and O–H groups in total. The van der Waals surface area contributed by atoms with Gasteiger partial charge in [0.05, 0.1) is 13.2 Å². The normalized spacial score (nSPS) is 10.4. The molecule has 4 heteroatoms. The van der Waals surface area contributed by atoms with Gasteiger partial charge in [0, 0.05) is 10.9 Å². The zero-order valence-corrected chi connectivity index (χ0v) is 9.64. The van der Waals surface area contributed by atoms with Crippen LogP contribution >= 0.6 is 0 Å². The third-order valence-corrected chi connectivity index (χ3v) is 3.77. The lowest BCUT2D eigenvalue weighted by Crippen LogP contribution is -2.25. The van der Waals surface area contributed by atoms with Gasteiger partial charge in [0.1, 0.15) is 11.5 Å². The van der Waals surface area contributed by atoms with Crippen LogP contribution in [0.25, 0.3) is 0 Å². The molecular weight excluding hydrogens is 200 g/mol. The van der Waals surface area contributed by atoms with E-state index in [1.807, 2.05) is 13.8 Å². The summed E-state index contributed by atoms with van der Waals surface area (Å²) in [6.45, 7) is 3.94. The van der Waals surface area contributed by atoms with Gasteiger partial charge < -0.3 is 10.2 Å². The third-order valence-electron chi connectivity index (χ3n) is 1.56. The van der Waals surface area contributed by atoms with Crippen LogP contribution in [0, 0.1) is 0 Å². The van der Waals surface area contributed by atoms with Crippen LogP contribution in [-0.2, 0) is 15.7 Å². The van der Waals surface area contributed by atoms with Crippen molar-refractivity contribution in [2.24, 2.45) is 0 Å². The fourth-order valence-corrected chi connectivity index (χ4v) is 2.56. The number of carbonyl (C=O) groups excluding carboxylic acids is 1. The van der Waals surface area contributed by atoms with Gasteiger partial charge >= 0.3 is 0 Å².